The number of rotatable bonds is 4. The fraction of sp³-hybridized carbons (Fsp3) is 0.105. The topological polar surface area (TPSA) is 66.5 Å². The van der Waals surface area contributed by atoms with Gasteiger partial charge in [0.15, 0.2) is 0 Å². The molecule has 28 heavy (non-hydrogen) atoms. The summed E-state index contributed by atoms with van der Waals surface area (Å²) < 4.78 is 40.8. The van der Waals surface area contributed by atoms with Crippen LogP contribution in [0.2, 0.25) is 5.02 Å². The SMILES string of the molecule is O=C(c1cccs1)N1CCc2cc(NS(=O)(=O)c3ccc(F)c(Cl)c3)ccc21. The van der Waals surface area contributed by atoms with Crippen LogP contribution in [0.3, 0.4) is 0 Å². The summed E-state index contributed by atoms with van der Waals surface area (Å²) in [6.45, 7) is 0.538. The molecule has 0 atom stereocenters. The van der Waals surface area contributed by atoms with E-state index in [4.69, 9.17) is 11.6 Å². The number of sulfonamides is 1. The van der Waals surface area contributed by atoms with Crippen molar-refractivity contribution in [3.8, 4) is 0 Å². The molecule has 0 spiro atoms. The van der Waals surface area contributed by atoms with Crippen molar-refractivity contribution in [2.24, 2.45) is 0 Å². The van der Waals surface area contributed by atoms with Crippen molar-refractivity contribution in [1.29, 1.82) is 0 Å². The summed E-state index contributed by atoms with van der Waals surface area (Å²) in [6.07, 6.45) is 0.629. The van der Waals surface area contributed by atoms with Gasteiger partial charge in [-0.3, -0.25) is 9.52 Å². The van der Waals surface area contributed by atoms with Crippen LogP contribution in [-0.2, 0) is 16.4 Å². The first-order valence-electron chi connectivity index (χ1n) is 8.31. The first-order chi connectivity index (χ1) is 13.3. The number of halogens is 2. The Morgan fingerprint density at radius 1 is 1.18 bits per heavy atom. The number of fused-ring (bicyclic) bond motifs is 1. The second-order valence-corrected chi connectivity index (χ2v) is 9.25. The second-order valence-electron chi connectivity index (χ2n) is 6.21. The Hall–Kier alpha value is -2.42. The molecule has 0 bridgehead atoms. The molecule has 1 aromatic heterocycles. The van der Waals surface area contributed by atoms with Crippen LogP contribution in [0.15, 0.2) is 58.8 Å². The number of anilines is 2. The third-order valence-corrected chi connectivity index (χ3v) is 6.93. The highest BCUT2D eigenvalue weighted by molar-refractivity contribution is 7.92. The molecule has 2 aromatic carbocycles. The van der Waals surface area contributed by atoms with E-state index in [1.54, 1.807) is 29.2 Å². The third kappa shape index (κ3) is 3.50. The van der Waals surface area contributed by atoms with Gasteiger partial charge in [0.1, 0.15) is 5.82 Å². The van der Waals surface area contributed by atoms with Gasteiger partial charge in [-0.1, -0.05) is 17.7 Å². The summed E-state index contributed by atoms with van der Waals surface area (Å²) in [5.74, 6) is -0.753. The molecule has 1 aliphatic heterocycles. The summed E-state index contributed by atoms with van der Waals surface area (Å²) in [4.78, 5) is 14.8. The van der Waals surface area contributed by atoms with Crippen LogP contribution in [0.4, 0.5) is 15.8 Å². The maximum atomic E-state index is 13.3. The van der Waals surface area contributed by atoms with Gasteiger partial charge in [0.25, 0.3) is 15.9 Å². The Bertz CT molecular complexity index is 1160. The van der Waals surface area contributed by atoms with Crippen LogP contribution in [-0.4, -0.2) is 20.9 Å². The van der Waals surface area contributed by atoms with E-state index >= 15 is 0 Å². The number of amides is 1. The van der Waals surface area contributed by atoms with Gasteiger partial charge < -0.3 is 4.90 Å². The van der Waals surface area contributed by atoms with E-state index in [0.717, 1.165) is 29.4 Å². The predicted octanol–water partition coefficient (Wildman–Crippen LogP) is 4.54. The first kappa shape index (κ1) is 18.9. The highest BCUT2D eigenvalue weighted by atomic mass is 35.5. The standard InChI is InChI=1S/C19H14ClFN2O3S2/c20-15-11-14(4-5-16(15)21)28(25,26)22-13-3-6-17-12(10-13)7-8-23(17)19(24)18-2-1-9-27-18/h1-6,9-11,22H,7-8H2. The molecule has 9 heteroatoms. The van der Waals surface area contributed by atoms with E-state index in [0.29, 0.717) is 23.5 Å². The van der Waals surface area contributed by atoms with Crippen molar-refractivity contribution in [2.75, 3.05) is 16.2 Å². The van der Waals surface area contributed by atoms with Crippen LogP contribution in [0, 0.1) is 5.82 Å². The van der Waals surface area contributed by atoms with E-state index in [1.165, 1.54) is 11.3 Å². The van der Waals surface area contributed by atoms with Gasteiger partial charge >= 0.3 is 0 Å². The molecule has 3 aromatic rings. The lowest BCUT2D eigenvalue weighted by atomic mass is 10.1. The Kier molecular flexibility index (Phi) is 4.86. The summed E-state index contributed by atoms with van der Waals surface area (Å²) in [5.41, 5.74) is 2.01. The Morgan fingerprint density at radius 3 is 2.71 bits per heavy atom. The summed E-state index contributed by atoms with van der Waals surface area (Å²) in [6, 6.07) is 11.9. The Labute approximate surface area is 170 Å². The van der Waals surface area contributed by atoms with Crippen LogP contribution in [0.1, 0.15) is 15.2 Å². The number of thiophene rings is 1. The number of benzene rings is 2. The molecule has 1 amide bonds. The van der Waals surface area contributed by atoms with Gasteiger partial charge in [-0.25, -0.2) is 12.8 Å². The number of nitrogens with zero attached hydrogens (tertiary/aromatic N) is 1. The molecule has 0 aliphatic carbocycles. The zero-order valence-corrected chi connectivity index (χ0v) is 16.7. The lowest BCUT2D eigenvalue weighted by Crippen LogP contribution is -2.28. The average molecular weight is 437 g/mol. The normalized spacial score (nSPS) is 13.4. The van der Waals surface area contributed by atoms with Crippen molar-refractivity contribution >= 4 is 50.2 Å². The van der Waals surface area contributed by atoms with Gasteiger partial charge in [-0.2, -0.15) is 0 Å². The molecule has 2 heterocycles. The molecule has 144 valence electrons. The van der Waals surface area contributed by atoms with Crippen molar-refractivity contribution in [3.05, 3.63) is 75.2 Å². The van der Waals surface area contributed by atoms with Crippen LogP contribution >= 0.6 is 22.9 Å². The third-order valence-electron chi connectivity index (χ3n) is 4.41. The Balaban J connectivity index is 1.58. The Morgan fingerprint density at radius 2 is 2.00 bits per heavy atom. The van der Waals surface area contributed by atoms with E-state index in [-0.39, 0.29) is 15.8 Å². The van der Waals surface area contributed by atoms with E-state index in [9.17, 15) is 17.6 Å². The van der Waals surface area contributed by atoms with Gasteiger partial charge in [-0.05, 0) is 59.8 Å². The van der Waals surface area contributed by atoms with Crippen molar-refractivity contribution in [1.82, 2.24) is 0 Å². The first-order valence-corrected chi connectivity index (χ1v) is 11.1. The molecule has 0 unspecified atom stereocenters. The van der Waals surface area contributed by atoms with E-state index < -0.39 is 15.8 Å². The van der Waals surface area contributed by atoms with Gasteiger partial charge in [-0.15, -0.1) is 11.3 Å². The summed E-state index contributed by atoms with van der Waals surface area (Å²) in [5, 5.41) is 1.59. The minimum atomic E-state index is -3.92. The molecule has 0 saturated heterocycles. The van der Waals surface area contributed by atoms with Gasteiger partial charge in [0.05, 0.1) is 14.8 Å². The van der Waals surface area contributed by atoms with Crippen LogP contribution in [0.25, 0.3) is 0 Å². The molecular weight excluding hydrogens is 423 g/mol. The van der Waals surface area contributed by atoms with E-state index in [1.807, 2.05) is 11.4 Å². The lowest BCUT2D eigenvalue weighted by molar-refractivity contribution is 0.0993. The van der Waals surface area contributed by atoms with Gasteiger partial charge in [0.2, 0.25) is 0 Å². The van der Waals surface area contributed by atoms with Crippen molar-refractivity contribution in [2.45, 2.75) is 11.3 Å². The monoisotopic (exact) mass is 436 g/mol. The summed E-state index contributed by atoms with van der Waals surface area (Å²) >= 11 is 7.07. The lowest BCUT2D eigenvalue weighted by Gasteiger charge is -2.17. The molecule has 1 N–H and O–H groups in total. The maximum Gasteiger partial charge on any atom is 0.268 e. The fourth-order valence-corrected chi connectivity index (χ4v) is 5.06. The van der Waals surface area contributed by atoms with Crippen LogP contribution in [0.5, 0.6) is 0 Å². The number of carbonyl (C=O) groups excluding carboxylic acids is 1. The zero-order chi connectivity index (χ0) is 19.9. The smallest absolute Gasteiger partial charge is 0.268 e. The largest absolute Gasteiger partial charge is 0.307 e. The molecule has 5 nitrogen and oxygen atoms in total. The zero-order valence-electron chi connectivity index (χ0n) is 14.4. The maximum absolute atomic E-state index is 13.3. The number of hydrogen-bond donors (Lipinski definition) is 1. The van der Waals surface area contributed by atoms with Crippen LogP contribution < -0.4 is 9.62 Å². The molecule has 0 fully saturated rings. The number of hydrogen-bond acceptors (Lipinski definition) is 4. The van der Waals surface area contributed by atoms with Gasteiger partial charge in [0, 0.05) is 17.9 Å². The quantitative estimate of drug-likeness (QED) is 0.652. The average Bonchev–Trinajstić information content (AvgIpc) is 3.32. The second kappa shape index (κ2) is 7.20. The minimum Gasteiger partial charge on any atom is -0.307 e. The predicted molar refractivity (Wildman–Crippen MR) is 108 cm³/mol. The summed E-state index contributed by atoms with van der Waals surface area (Å²) in [7, 11) is -3.92. The number of nitrogens with one attached hydrogen (secondary N) is 1. The highest BCUT2D eigenvalue weighted by Crippen LogP contribution is 2.33. The molecule has 4 rings (SSSR count). The minimum absolute atomic E-state index is 0.0666. The fourth-order valence-electron chi connectivity index (χ4n) is 3.07. The van der Waals surface area contributed by atoms with Crippen molar-refractivity contribution < 1.29 is 17.6 Å². The molecular formula is C19H14ClFN2O3S2. The molecule has 0 saturated carbocycles. The highest BCUT2D eigenvalue weighted by Gasteiger charge is 2.27. The van der Waals surface area contributed by atoms with E-state index in [2.05, 4.69) is 4.72 Å². The van der Waals surface area contributed by atoms with Crippen molar-refractivity contribution in [3.63, 3.8) is 0 Å². The molecule has 1 aliphatic rings. The number of carbonyl (C=O) groups is 1. The molecule has 0 radical (unpaired) electrons.